The maximum Gasteiger partial charge on any atom is 0.417 e. The smallest absolute Gasteiger partial charge is 0.417 e. The molecule has 4 nitrogen and oxygen atoms in total. The molecule has 0 aliphatic rings. The summed E-state index contributed by atoms with van der Waals surface area (Å²) in [5, 5.41) is 10.7. The van der Waals surface area contributed by atoms with Gasteiger partial charge in [0.2, 0.25) is 0 Å². The number of hydrogen-bond donors (Lipinski definition) is 2. The van der Waals surface area contributed by atoms with Crippen molar-refractivity contribution in [3.8, 4) is 0 Å². The molecule has 8 heteroatoms. The van der Waals surface area contributed by atoms with E-state index in [2.05, 4.69) is 10.3 Å². The van der Waals surface area contributed by atoms with Gasteiger partial charge in [0.15, 0.2) is 0 Å². The summed E-state index contributed by atoms with van der Waals surface area (Å²) >= 11 is 5.57. The number of hydrogen-bond acceptors (Lipinski definition) is 3. The number of rotatable bonds is 3. The third-order valence-corrected chi connectivity index (χ3v) is 2.18. The molecule has 1 rings (SSSR count). The largest absolute Gasteiger partial charge is 0.480 e. The molecule has 0 unspecified atom stereocenters. The van der Waals surface area contributed by atoms with Gasteiger partial charge >= 0.3 is 12.1 Å². The van der Waals surface area contributed by atoms with E-state index < -0.39 is 23.8 Å². The molecule has 1 heterocycles. The number of pyridine rings is 1. The van der Waals surface area contributed by atoms with E-state index in [0.717, 1.165) is 0 Å². The molecule has 0 aromatic carbocycles. The van der Waals surface area contributed by atoms with Crippen molar-refractivity contribution in [2.75, 3.05) is 5.32 Å². The Hall–Kier alpha value is -1.50. The van der Waals surface area contributed by atoms with Crippen molar-refractivity contribution >= 4 is 23.4 Å². The number of carbonyl (C=O) groups is 1. The minimum atomic E-state index is -4.53. The van der Waals surface area contributed by atoms with Crippen LogP contribution < -0.4 is 5.32 Å². The first-order valence-electron chi connectivity index (χ1n) is 4.44. The van der Waals surface area contributed by atoms with E-state index in [0.29, 0.717) is 12.3 Å². The summed E-state index contributed by atoms with van der Waals surface area (Å²) < 4.78 is 36.8. The first-order chi connectivity index (χ1) is 7.71. The number of halogens is 4. The van der Waals surface area contributed by atoms with E-state index in [-0.39, 0.29) is 10.8 Å². The van der Waals surface area contributed by atoms with Crippen LogP contribution in [-0.2, 0) is 11.0 Å². The van der Waals surface area contributed by atoms with Crippen molar-refractivity contribution < 1.29 is 23.1 Å². The highest BCUT2D eigenvalue weighted by Crippen LogP contribution is 2.32. The standard InChI is InChI=1S/C9H8ClF3N2O2/c1-4(8(16)17)15-7-6(10)2-5(3-14-7)9(11,12)13/h2-4H,1H3,(H,14,15)(H,16,17)/t4-/m1/s1. The highest BCUT2D eigenvalue weighted by atomic mass is 35.5. The third kappa shape index (κ3) is 3.48. The van der Waals surface area contributed by atoms with E-state index in [4.69, 9.17) is 16.7 Å². The number of aromatic nitrogens is 1. The van der Waals surface area contributed by atoms with Crippen LogP contribution in [0.3, 0.4) is 0 Å². The zero-order valence-corrected chi connectivity index (χ0v) is 9.30. The van der Waals surface area contributed by atoms with Crippen molar-refractivity contribution in [2.45, 2.75) is 19.1 Å². The van der Waals surface area contributed by atoms with Crippen molar-refractivity contribution in [2.24, 2.45) is 0 Å². The zero-order valence-electron chi connectivity index (χ0n) is 8.55. The van der Waals surface area contributed by atoms with Crippen LogP contribution in [0.5, 0.6) is 0 Å². The molecule has 94 valence electrons. The lowest BCUT2D eigenvalue weighted by Gasteiger charge is -2.13. The number of aliphatic carboxylic acids is 1. The lowest BCUT2D eigenvalue weighted by molar-refractivity contribution is -0.138. The van der Waals surface area contributed by atoms with Crippen LogP contribution in [0, 0.1) is 0 Å². The predicted octanol–water partition coefficient (Wildman–Crippen LogP) is 2.64. The summed E-state index contributed by atoms with van der Waals surface area (Å²) in [5.41, 5.74) is -0.990. The fraction of sp³-hybridized carbons (Fsp3) is 0.333. The van der Waals surface area contributed by atoms with Crippen molar-refractivity contribution in [3.05, 3.63) is 22.8 Å². The van der Waals surface area contributed by atoms with Gasteiger partial charge in [-0.3, -0.25) is 4.79 Å². The van der Waals surface area contributed by atoms with Gasteiger partial charge in [0.1, 0.15) is 11.9 Å². The van der Waals surface area contributed by atoms with Crippen LogP contribution in [0.4, 0.5) is 19.0 Å². The Labute approximate surface area is 99.4 Å². The van der Waals surface area contributed by atoms with Gasteiger partial charge in [-0.1, -0.05) is 11.6 Å². The molecule has 17 heavy (non-hydrogen) atoms. The third-order valence-electron chi connectivity index (χ3n) is 1.89. The number of nitrogens with one attached hydrogen (secondary N) is 1. The number of nitrogens with zero attached hydrogens (tertiary/aromatic N) is 1. The molecule has 0 saturated heterocycles. The average molecular weight is 269 g/mol. The summed E-state index contributed by atoms with van der Waals surface area (Å²) in [5.74, 6) is -1.27. The molecule has 1 aromatic heterocycles. The van der Waals surface area contributed by atoms with Gasteiger partial charge in [-0.05, 0) is 13.0 Å². The quantitative estimate of drug-likeness (QED) is 0.885. The van der Waals surface area contributed by atoms with Gasteiger partial charge in [-0.25, -0.2) is 4.98 Å². The predicted molar refractivity (Wildman–Crippen MR) is 55.0 cm³/mol. The topological polar surface area (TPSA) is 62.2 Å². The molecule has 0 fully saturated rings. The van der Waals surface area contributed by atoms with Crippen LogP contribution in [0.2, 0.25) is 5.02 Å². The molecule has 0 radical (unpaired) electrons. The highest BCUT2D eigenvalue weighted by Gasteiger charge is 2.31. The molecule has 0 spiro atoms. The van der Waals surface area contributed by atoms with E-state index in [1.54, 1.807) is 0 Å². The molecule has 1 atom stereocenters. The second kappa shape index (κ2) is 4.79. The molecule has 0 saturated carbocycles. The van der Waals surface area contributed by atoms with Crippen LogP contribution in [0.1, 0.15) is 12.5 Å². The van der Waals surface area contributed by atoms with E-state index in [1.807, 2.05) is 0 Å². The maximum atomic E-state index is 12.3. The Kier molecular flexibility index (Phi) is 3.82. The van der Waals surface area contributed by atoms with E-state index >= 15 is 0 Å². The van der Waals surface area contributed by atoms with Crippen molar-refractivity contribution in [1.82, 2.24) is 4.98 Å². The summed E-state index contributed by atoms with van der Waals surface area (Å²) in [6.07, 6.45) is -3.95. The number of carboxylic acid groups (broad SMARTS) is 1. The maximum absolute atomic E-state index is 12.3. The van der Waals surface area contributed by atoms with Gasteiger partial charge in [0.05, 0.1) is 10.6 Å². The first-order valence-corrected chi connectivity index (χ1v) is 4.81. The second-order valence-corrected chi connectivity index (χ2v) is 3.66. The lowest BCUT2D eigenvalue weighted by atomic mass is 10.2. The Balaban J connectivity index is 2.95. The van der Waals surface area contributed by atoms with E-state index in [9.17, 15) is 18.0 Å². The molecule has 1 aromatic rings. The van der Waals surface area contributed by atoms with E-state index in [1.165, 1.54) is 6.92 Å². The Bertz CT molecular complexity index is 437. The van der Waals surface area contributed by atoms with Crippen molar-refractivity contribution in [1.29, 1.82) is 0 Å². The Morgan fingerprint density at radius 2 is 2.18 bits per heavy atom. The number of anilines is 1. The summed E-state index contributed by atoms with van der Waals surface area (Å²) in [7, 11) is 0. The highest BCUT2D eigenvalue weighted by molar-refractivity contribution is 6.33. The van der Waals surface area contributed by atoms with Gasteiger partial charge in [-0.15, -0.1) is 0 Å². The average Bonchev–Trinajstić information content (AvgIpc) is 2.19. The molecule has 0 amide bonds. The molecular formula is C9H8ClF3N2O2. The van der Waals surface area contributed by atoms with Gasteiger partial charge in [0.25, 0.3) is 0 Å². The normalized spacial score (nSPS) is 13.2. The van der Waals surface area contributed by atoms with Crippen LogP contribution >= 0.6 is 11.6 Å². The van der Waals surface area contributed by atoms with Crippen molar-refractivity contribution in [3.63, 3.8) is 0 Å². The zero-order chi connectivity index (χ0) is 13.2. The molecule has 0 bridgehead atoms. The summed E-state index contributed by atoms with van der Waals surface area (Å²) in [6, 6.07) is -0.317. The molecular weight excluding hydrogens is 261 g/mol. The molecule has 0 aliphatic carbocycles. The van der Waals surface area contributed by atoms with Gasteiger partial charge in [0, 0.05) is 6.20 Å². The first kappa shape index (κ1) is 13.6. The molecule has 2 N–H and O–H groups in total. The molecule has 0 aliphatic heterocycles. The fourth-order valence-corrected chi connectivity index (χ4v) is 1.19. The van der Waals surface area contributed by atoms with Gasteiger partial charge in [-0.2, -0.15) is 13.2 Å². The SMILES string of the molecule is C[C@@H](Nc1ncc(C(F)(F)F)cc1Cl)C(=O)O. The summed E-state index contributed by atoms with van der Waals surface area (Å²) in [4.78, 5) is 14.0. The second-order valence-electron chi connectivity index (χ2n) is 3.26. The minimum absolute atomic E-state index is 0.102. The van der Waals surface area contributed by atoms with Crippen LogP contribution in [0.25, 0.3) is 0 Å². The Morgan fingerprint density at radius 3 is 2.59 bits per heavy atom. The summed E-state index contributed by atoms with van der Waals surface area (Å²) in [6.45, 7) is 1.32. The fourth-order valence-electron chi connectivity index (χ4n) is 0.966. The number of alkyl halides is 3. The Morgan fingerprint density at radius 1 is 1.59 bits per heavy atom. The van der Waals surface area contributed by atoms with Gasteiger partial charge < -0.3 is 10.4 Å². The minimum Gasteiger partial charge on any atom is -0.480 e. The number of carboxylic acids is 1. The lowest BCUT2D eigenvalue weighted by Crippen LogP contribution is -2.26. The van der Waals surface area contributed by atoms with Crippen LogP contribution in [0.15, 0.2) is 12.3 Å². The van der Waals surface area contributed by atoms with Crippen LogP contribution in [-0.4, -0.2) is 22.1 Å². The monoisotopic (exact) mass is 268 g/mol.